The molecular formula is C21H22N4O4. The van der Waals surface area contributed by atoms with Crippen LogP contribution in [-0.2, 0) is 24.2 Å². The van der Waals surface area contributed by atoms with Gasteiger partial charge in [0, 0.05) is 29.7 Å². The van der Waals surface area contributed by atoms with E-state index in [-0.39, 0.29) is 18.0 Å². The Balaban J connectivity index is 1.39. The van der Waals surface area contributed by atoms with E-state index in [1.54, 1.807) is 35.1 Å². The van der Waals surface area contributed by atoms with Crippen molar-refractivity contribution in [1.29, 1.82) is 0 Å². The molecule has 1 aliphatic heterocycles. The molecule has 1 N–H and O–H groups in total. The van der Waals surface area contributed by atoms with Crippen molar-refractivity contribution in [1.82, 2.24) is 14.2 Å². The number of aryl methyl sites for hydroxylation is 1. The van der Waals surface area contributed by atoms with Gasteiger partial charge in [-0.05, 0) is 37.3 Å². The molecule has 8 nitrogen and oxygen atoms in total. The Kier molecular flexibility index (Phi) is 4.26. The number of anilines is 1. The van der Waals surface area contributed by atoms with Crippen molar-refractivity contribution >= 4 is 17.1 Å². The lowest BCUT2D eigenvalue weighted by atomic mass is 9.88. The fourth-order valence-corrected chi connectivity index (χ4v) is 4.05. The van der Waals surface area contributed by atoms with Crippen molar-refractivity contribution in [3.05, 3.63) is 52.2 Å². The fraction of sp³-hybridized carbons (Fsp3) is 0.381. The predicted octanol–water partition coefficient (Wildman–Crippen LogP) is 2.03. The van der Waals surface area contributed by atoms with Gasteiger partial charge in [0.15, 0.2) is 11.5 Å². The number of nitrogens with zero attached hydrogens (tertiary/aromatic N) is 3. The summed E-state index contributed by atoms with van der Waals surface area (Å²) in [4.78, 5) is 25.6. The minimum atomic E-state index is -0.283. The molecule has 1 aromatic carbocycles. The Hall–Kier alpha value is -3.29. The molecule has 0 fully saturated rings. The lowest BCUT2D eigenvalue weighted by Gasteiger charge is -2.19. The second-order valence-corrected chi connectivity index (χ2v) is 7.70. The normalized spacial score (nSPS) is 17.8. The molecule has 1 aliphatic carbocycles. The molecule has 5 rings (SSSR count). The zero-order chi connectivity index (χ0) is 20.0. The molecule has 150 valence electrons. The number of hydrogen-bond donors (Lipinski definition) is 1. The number of aromatic nitrogens is 3. The molecule has 8 heteroatoms. The second kappa shape index (κ2) is 6.95. The van der Waals surface area contributed by atoms with E-state index in [4.69, 9.17) is 9.47 Å². The number of rotatable bonds is 3. The van der Waals surface area contributed by atoms with Crippen molar-refractivity contribution in [3.63, 3.8) is 0 Å². The van der Waals surface area contributed by atoms with Crippen molar-refractivity contribution in [2.24, 2.45) is 5.92 Å². The maximum absolute atomic E-state index is 13.0. The molecule has 0 radical (unpaired) electrons. The molecule has 1 unspecified atom stereocenters. The first kappa shape index (κ1) is 17.8. The van der Waals surface area contributed by atoms with Crippen LogP contribution in [0.25, 0.3) is 5.52 Å². The lowest BCUT2D eigenvalue weighted by molar-refractivity contribution is -0.116. The van der Waals surface area contributed by atoms with E-state index in [1.165, 1.54) is 4.57 Å². The summed E-state index contributed by atoms with van der Waals surface area (Å²) in [7, 11) is 0. The van der Waals surface area contributed by atoms with Gasteiger partial charge in [0.1, 0.15) is 25.3 Å². The van der Waals surface area contributed by atoms with Gasteiger partial charge >= 0.3 is 0 Å². The third kappa shape index (κ3) is 3.24. The van der Waals surface area contributed by atoms with Gasteiger partial charge in [-0.15, -0.1) is 0 Å². The summed E-state index contributed by atoms with van der Waals surface area (Å²) in [6.07, 6.45) is 6.18. The standard InChI is InChI=1S/C21H22N4O4/c1-13-2-4-16-15(10-13)20-21(27)24(6-7-25(20)23-16)12-19(26)22-14-3-5-17-18(11-14)29-9-8-28-17/h3,5-7,11,13H,2,4,8-10,12H2,1H3,(H,22,26). The van der Waals surface area contributed by atoms with Crippen molar-refractivity contribution in [2.45, 2.75) is 32.7 Å². The molecule has 0 saturated carbocycles. The van der Waals surface area contributed by atoms with Crippen molar-refractivity contribution < 1.29 is 14.3 Å². The summed E-state index contributed by atoms with van der Waals surface area (Å²) in [6, 6.07) is 5.25. The first-order valence-electron chi connectivity index (χ1n) is 9.87. The second-order valence-electron chi connectivity index (χ2n) is 7.70. The van der Waals surface area contributed by atoms with E-state index in [9.17, 15) is 9.59 Å². The molecule has 2 aromatic heterocycles. The number of carbonyl (C=O) groups is 1. The van der Waals surface area contributed by atoms with Crippen LogP contribution < -0.4 is 20.3 Å². The topological polar surface area (TPSA) is 86.9 Å². The van der Waals surface area contributed by atoms with E-state index >= 15 is 0 Å². The quantitative estimate of drug-likeness (QED) is 0.735. The number of benzene rings is 1. The number of carbonyl (C=O) groups excluding carboxylic acids is 1. The van der Waals surface area contributed by atoms with Crippen LogP contribution in [0.15, 0.2) is 35.4 Å². The molecule has 29 heavy (non-hydrogen) atoms. The highest BCUT2D eigenvalue weighted by Crippen LogP contribution is 2.32. The maximum Gasteiger partial charge on any atom is 0.277 e. The van der Waals surface area contributed by atoms with Crippen LogP contribution in [-0.4, -0.2) is 33.3 Å². The monoisotopic (exact) mass is 394 g/mol. The van der Waals surface area contributed by atoms with Gasteiger partial charge in [0.25, 0.3) is 5.56 Å². The number of nitrogens with one attached hydrogen (secondary N) is 1. The third-order valence-electron chi connectivity index (χ3n) is 5.51. The number of amides is 1. The summed E-state index contributed by atoms with van der Waals surface area (Å²) in [5.41, 5.74) is 3.02. The van der Waals surface area contributed by atoms with Gasteiger partial charge in [-0.1, -0.05) is 6.92 Å². The van der Waals surface area contributed by atoms with Gasteiger partial charge in [-0.2, -0.15) is 5.10 Å². The first-order valence-corrected chi connectivity index (χ1v) is 9.87. The lowest BCUT2D eigenvalue weighted by Crippen LogP contribution is -2.29. The van der Waals surface area contributed by atoms with Crippen LogP contribution in [0.2, 0.25) is 0 Å². The van der Waals surface area contributed by atoms with E-state index in [0.717, 1.165) is 30.5 Å². The highest BCUT2D eigenvalue weighted by molar-refractivity contribution is 5.91. The Morgan fingerprint density at radius 2 is 2.07 bits per heavy atom. The van der Waals surface area contributed by atoms with Crippen molar-refractivity contribution in [3.8, 4) is 11.5 Å². The van der Waals surface area contributed by atoms with Gasteiger partial charge < -0.3 is 19.4 Å². The number of ether oxygens (including phenoxy) is 2. The van der Waals surface area contributed by atoms with Crippen molar-refractivity contribution in [2.75, 3.05) is 18.5 Å². The Morgan fingerprint density at radius 3 is 2.93 bits per heavy atom. The fourth-order valence-electron chi connectivity index (χ4n) is 4.05. The largest absolute Gasteiger partial charge is 0.486 e. The zero-order valence-corrected chi connectivity index (χ0v) is 16.2. The van der Waals surface area contributed by atoms with Gasteiger partial charge in [-0.25, -0.2) is 4.52 Å². The van der Waals surface area contributed by atoms with Crippen LogP contribution in [0.5, 0.6) is 11.5 Å². The van der Waals surface area contributed by atoms with Gasteiger partial charge in [-0.3, -0.25) is 9.59 Å². The zero-order valence-electron chi connectivity index (χ0n) is 16.2. The Bertz CT molecular complexity index is 1160. The van der Waals surface area contributed by atoms with Crippen LogP contribution in [0.4, 0.5) is 5.69 Å². The first-order chi connectivity index (χ1) is 14.1. The van der Waals surface area contributed by atoms with Crippen LogP contribution in [0, 0.1) is 5.92 Å². The summed E-state index contributed by atoms with van der Waals surface area (Å²) in [6.45, 7) is 3.11. The summed E-state index contributed by atoms with van der Waals surface area (Å²) < 4.78 is 14.1. The highest BCUT2D eigenvalue weighted by atomic mass is 16.6. The third-order valence-corrected chi connectivity index (χ3v) is 5.51. The molecule has 0 spiro atoms. The number of hydrogen-bond acceptors (Lipinski definition) is 5. The van der Waals surface area contributed by atoms with Crippen LogP contribution in [0.3, 0.4) is 0 Å². The van der Waals surface area contributed by atoms with Gasteiger partial charge in [0.05, 0.1) is 5.69 Å². The van der Waals surface area contributed by atoms with Crippen LogP contribution in [0.1, 0.15) is 24.6 Å². The van der Waals surface area contributed by atoms with Gasteiger partial charge in [0.2, 0.25) is 5.91 Å². The smallest absolute Gasteiger partial charge is 0.277 e. The molecule has 2 aliphatic rings. The maximum atomic E-state index is 13.0. The van der Waals surface area contributed by atoms with E-state index in [0.29, 0.717) is 41.8 Å². The Labute approximate surface area is 167 Å². The summed E-state index contributed by atoms with van der Waals surface area (Å²) in [5.74, 6) is 1.51. The predicted molar refractivity (Wildman–Crippen MR) is 107 cm³/mol. The summed E-state index contributed by atoms with van der Waals surface area (Å²) >= 11 is 0. The van der Waals surface area contributed by atoms with E-state index in [2.05, 4.69) is 17.3 Å². The molecule has 3 aromatic rings. The average molecular weight is 394 g/mol. The minimum absolute atomic E-state index is 0.0702. The SMILES string of the molecule is CC1CCc2nn3ccn(CC(=O)Nc4ccc5c(c4)OCCO5)c(=O)c3c2C1. The average Bonchev–Trinajstić information content (AvgIpc) is 3.08. The Morgan fingerprint density at radius 1 is 1.24 bits per heavy atom. The number of fused-ring (bicyclic) bond motifs is 4. The van der Waals surface area contributed by atoms with Crippen LogP contribution >= 0.6 is 0 Å². The van der Waals surface area contributed by atoms with E-state index in [1.807, 2.05) is 0 Å². The molecule has 1 amide bonds. The molecule has 3 heterocycles. The molecule has 0 bridgehead atoms. The minimum Gasteiger partial charge on any atom is -0.486 e. The van der Waals surface area contributed by atoms with E-state index < -0.39 is 0 Å². The summed E-state index contributed by atoms with van der Waals surface area (Å²) in [5, 5.41) is 7.38. The highest BCUT2D eigenvalue weighted by Gasteiger charge is 2.23. The molecular weight excluding hydrogens is 372 g/mol. The molecule has 0 saturated heterocycles. The molecule has 1 atom stereocenters.